The van der Waals surface area contributed by atoms with E-state index in [4.69, 9.17) is 20.9 Å². The molecular formula is C26H27FN6O2. The van der Waals surface area contributed by atoms with Gasteiger partial charge in [-0.3, -0.25) is 0 Å². The lowest BCUT2D eigenvalue weighted by atomic mass is 9.91. The molecule has 2 aliphatic carbocycles. The van der Waals surface area contributed by atoms with Crippen molar-refractivity contribution in [3.05, 3.63) is 54.2 Å². The third kappa shape index (κ3) is 2.94. The summed E-state index contributed by atoms with van der Waals surface area (Å²) in [5, 5.41) is 1.59. The number of halogens is 1. The number of nitrogens with zero attached hydrogens (tertiary/aromatic N) is 4. The Bertz CT molecular complexity index is 1500. The quantitative estimate of drug-likeness (QED) is 0.460. The van der Waals surface area contributed by atoms with Gasteiger partial charge in [-0.05, 0) is 62.8 Å². The fourth-order valence-corrected chi connectivity index (χ4v) is 6.64. The van der Waals surface area contributed by atoms with Crippen LogP contribution in [-0.4, -0.2) is 37.5 Å². The number of hydrogen-bond acceptors (Lipinski definition) is 7. The van der Waals surface area contributed by atoms with Crippen molar-refractivity contribution in [2.24, 2.45) is 11.3 Å². The van der Waals surface area contributed by atoms with Gasteiger partial charge in [0.25, 0.3) is 0 Å². The molecule has 5 atom stereocenters. The predicted octanol–water partition coefficient (Wildman–Crippen LogP) is 4.00. The van der Waals surface area contributed by atoms with E-state index in [9.17, 15) is 0 Å². The van der Waals surface area contributed by atoms with Gasteiger partial charge in [0.2, 0.25) is 0 Å². The first-order valence-corrected chi connectivity index (χ1v) is 12.0. The second-order valence-corrected chi connectivity index (χ2v) is 10.6. The van der Waals surface area contributed by atoms with Crippen molar-refractivity contribution in [3.63, 3.8) is 0 Å². The van der Waals surface area contributed by atoms with Crippen LogP contribution in [-0.2, 0) is 15.9 Å². The highest BCUT2D eigenvalue weighted by Gasteiger charge is 2.75. The van der Waals surface area contributed by atoms with Crippen molar-refractivity contribution in [3.8, 4) is 0 Å². The summed E-state index contributed by atoms with van der Waals surface area (Å²) >= 11 is 0. The molecule has 2 saturated carbocycles. The lowest BCUT2D eigenvalue weighted by molar-refractivity contribution is -0.161. The van der Waals surface area contributed by atoms with E-state index in [1.165, 1.54) is 6.33 Å². The summed E-state index contributed by atoms with van der Waals surface area (Å²) in [5.41, 5.74) is 13.6. The van der Waals surface area contributed by atoms with Crippen molar-refractivity contribution in [1.82, 2.24) is 19.5 Å². The van der Waals surface area contributed by atoms with Crippen LogP contribution in [0.3, 0.4) is 0 Å². The van der Waals surface area contributed by atoms with E-state index in [-0.39, 0.29) is 29.5 Å². The summed E-state index contributed by atoms with van der Waals surface area (Å²) in [6, 6.07) is 9.30. The fraction of sp³-hybridized carbons (Fsp3) is 0.423. The average molecular weight is 475 g/mol. The number of hydrogen-bond donors (Lipinski definition) is 2. The molecule has 3 aromatic heterocycles. The highest BCUT2D eigenvalue weighted by atomic mass is 19.1. The molecule has 0 bridgehead atoms. The van der Waals surface area contributed by atoms with Crippen LogP contribution in [0.4, 0.5) is 16.0 Å². The molecule has 0 radical (unpaired) electrons. The molecule has 0 spiro atoms. The van der Waals surface area contributed by atoms with Gasteiger partial charge in [0.15, 0.2) is 11.6 Å². The smallest absolute Gasteiger partial charge is 0.163 e. The van der Waals surface area contributed by atoms with Gasteiger partial charge in [-0.15, -0.1) is 0 Å². The van der Waals surface area contributed by atoms with Gasteiger partial charge in [0.05, 0.1) is 17.5 Å². The molecule has 3 aliphatic rings. The highest BCUT2D eigenvalue weighted by Crippen LogP contribution is 2.73. The summed E-state index contributed by atoms with van der Waals surface area (Å²) in [4.78, 5) is 12.9. The van der Waals surface area contributed by atoms with Crippen molar-refractivity contribution >= 4 is 33.6 Å². The maximum absolute atomic E-state index is 15.4. The molecule has 35 heavy (non-hydrogen) atoms. The summed E-state index contributed by atoms with van der Waals surface area (Å²) in [5.74, 6) is 0.161. The summed E-state index contributed by atoms with van der Waals surface area (Å²) in [6.45, 7) is 3.92. The van der Waals surface area contributed by atoms with Gasteiger partial charge >= 0.3 is 0 Å². The molecule has 0 amide bonds. The Morgan fingerprint density at radius 2 is 1.94 bits per heavy atom. The number of nitrogens with two attached hydrogens (primary N) is 2. The second-order valence-electron chi connectivity index (χ2n) is 10.6. The molecule has 1 aliphatic heterocycles. The van der Waals surface area contributed by atoms with Crippen molar-refractivity contribution in [2.45, 2.75) is 57.1 Å². The fourth-order valence-electron chi connectivity index (χ4n) is 6.64. The third-order valence-electron chi connectivity index (χ3n) is 8.25. The van der Waals surface area contributed by atoms with Crippen LogP contribution in [0.25, 0.3) is 21.9 Å². The Hall–Kier alpha value is -3.30. The zero-order valence-corrected chi connectivity index (χ0v) is 19.6. The van der Waals surface area contributed by atoms with Crippen LogP contribution in [0.15, 0.2) is 42.9 Å². The number of rotatable bonds is 4. The monoisotopic (exact) mass is 474 g/mol. The van der Waals surface area contributed by atoms with Gasteiger partial charge in [-0.2, -0.15) is 0 Å². The normalized spacial score (nSPS) is 30.6. The Morgan fingerprint density at radius 1 is 1.11 bits per heavy atom. The van der Waals surface area contributed by atoms with Crippen LogP contribution >= 0.6 is 0 Å². The largest absolute Gasteiger partial charge is 0.384 e. The minimum atomic E-state index is -0.680. The molecule has 180 valence electrons. The number of pyridine rings is 1. The zero-order chi connectivity index (χ0) is 24.1. The van der Waals surface area contributed by atoms with Crippen LogP contribution in [0.1, 0.15) is 38.3 Å². The summed E-state index contributed by atoms with van der Waals surface area (Å²) < 4.78 is 30.5. The van der Waals surface area contributed by atoms with Gasteiger partial charge in [-0.1, -0.05) is 12.1 Å². The maximum Gasteiger partial charge on any atom is 0.163 e. The standard InChI is InChI=1S/C26H27FN6O2/c1-25(2)34-21-20(33-10-8-15-23(29)30-12-31-24(15)33)16-11-26(16,22(21)35-25)9-7-13-3-4-14-5-6-17(28)32-19(14)18(13)27/h3-6,8,10,12,16,20-22H,7,9,11H2,1-2H3,(H2,28,32)(H2,29,30,31)/t16-,20-,21+,22+,26?/m1/s1. The first kappa shape index (κ1) is 21.0. The van der Waals surface area contributed by atoms with E-state index in [2.05, 4.69) is 19.5 Å². The molecular weight excluding hydrogens is 447 g/mol. The third-order valence-corrected chi connectivity index (χ3v) is 8.25. The first-order valence-electron chi connectivity index (χ1n) is 12.0. The number of benzene rings is 1. The zero-order valence-electron chi connectivity index (χ0n) is 19.6. The predicted molar refractivity (Wildman–Crippen MR) is 130 cm³/mol. The summed E-state index contributed by atoms with van der Waals surface area (Å²) in [6.07, 6.45) is 5.74. The van der Waals surface area contributed by atoms with Crippen molar-refractivity contribution in [1.29, 1.82) is 0 Å². The lowest BCUT2D eigenvalue weighted by Crippen LogP contribution is -2.32. The van der Waals surface area contributed by atoms with E-state index in [1.54, 1.807) is 12.1 Å². The second kappa shape index (κ2) is 6.89. The number of aromatic nitrogens is 4. The van der Waals surface area contributed by atoms with Crippen LogP contribution < -0.4 is 11.5 Å². The number of anilines is 2. The SMILES string of the molecule is CC1(C)O[C@H]2[C@H](n3ccc4c(N)ncnc43)[C@H]3CC3(CCc3ccc4ccc(N)nc4c3F)[C@H]2O1. The Labute approximate surface area is 201 Å². The van der Waals surface area contributed by atoms with Gasteiger partial charge in [0, 0.05) is 17.0 Å². The minimum Gasteiger partial charge on any atom is -0.384 e. The molecule has 1 aromatic carbocycles. The molecule has 9 heteroatoms. The van der Waals surface area contributed by atoms with Gasteiger partial charge < -0.3 is 25.5 Å². The average Bonchev–Trinajstić information content (AvgIpc) is 3.08. The number of aryl methyl sites for hydroxylation is 1. The van der Waals surface area contributed by atoms with Crippen LogP contribution in [0.5, 0.6) is 0 Å². The van der Waals surface area contributed by atoms with Crippen molar-refractivity contribution in [2.75, 3.05) is 11.5 Å². The number of ether oxygens (including phenoxy) is 2. The Morgan fingerprint density at radius 3 is 2.80 bits per heavy atom. The first-order chi connectivity index (χ1) is 16.8. The number of nitrogen functional groups attached to an aromatic ring is 2. The Balaban J connectivity index is 1.23. The van der Waals surface area contributed by atoms with E-state index >= 15 is 4.39 Å². The molecule has 4 heterocycles. The topological polar surface area (TPSA) is 114 Å². The molecule has 8 nitrogen and oxygen atoms in total. The molecule has 7 rings (SSSR count). The Kier molecular flexibility index (Phi) is 4.14. The summed E-state index contributed by atoms with van der Waals surface area (Å²) in [7, 11) is 0. The minimum absolute atomic E-state index is 0.0662. The van der Waals surface area contributed by atoms with Gasteiger partial charge in [-0.25, -0.2) is 19.3 Å². The van der Waals surface area contributed by atoms with Crippen LogP contribution in [0.2, 0.25) is 0 Å². The van der Waals surface area contributed by atoms with E-state index in [0.29, 0.717) is 35.1 Å². The molecule has 3 fully saturated rings. The molecule has 1 unspecified atom stereocenters. The number of fused-ring (bicyclic) bond motifs is 5. The molecule has 4 aromatic rings. The maximum atomic E-state index is 15.4. The van der Waals surface area contributed by atoms with E-state index < -0.39 is 5.79 Å². The van der Waals surface area contributed by atoms with Gasteiger partial charge in [0.1, 0.15) is 35.2 Å². The molecule has 1 saturated heterocycles. The lowest BCUT2D eigenvalue weighted by Gasteiger charge is -2.24. The van der Waals surface area contributed by atoms with Crippen LogP contribution in [0, 0.1) is 17.2 Å². The molecule has 4 N–H and O–H groups in total. The van der Waals surface area contributed by atoms with E-state index in [1.807, 2.05) is 38.2 Å². The van der Waals surface area contributed by atoms with Crippen molar-refractivity contribution < 1.29 is 13.9 Å². The highest BCUT2D eigenvalue weighted by molar-refractivity contribution is 5.86. The van der Waals surface area contributed by atoms with E-state index in [0.717, 1.165) is 29.3 Å².